The largest absolute Gasteiger partial charge is 0.490 e. The minimum atomic E-state index is -1.40. The lowest BCUT2D eigenvalue weighted by atomic mass is 10.0. The number of nitrogens with zero attached hydrogens (tertiary/aromatic N) is 3. The molecule has 2 aliphatic heterocycles. The molecule has 0 radical (unpaired) electrons. The van der Waals surface area contributed by atoms with Crippen LogP contribution in [0.5, 0.6) is 11.5 Å². The molecule has 3 aliphatic carbocycles. The third-order valence-corrected chi connectivity index (χ3v) is 13.0. The molecule has 1 aromatic carbocycles. The highest BCUT2D eigenvalue weighted by molar-refractivity contribution is 6.36. The minimum Gasteiger partial charge on any atom is -0.490 e. The normalized spacial score (nSPS) is 29.1. The fourth-order valence-electron chi connectivity index (χ4n) is 9.30. The Kier molecular flexibility index (Phi) is 12.3. The molecule has 324 valence electrons. The summed E-state index contributed by atoms with van der Waals surface area (Å²) in [5.74, 6) is -0.337. The predicted molar refractivity (Wildman–Crippen MR) is 220 cm³/mol. The van der Waals surface area contributed by atoms with Crippen LogP contribution in [-0.2, 0) is 23.9 Å². The number of carbonyl (C=O) groups is 4. The van der Waals surface area contributed by atoms with Crippen molar-refractivity contribution in [1.29, 1.82) is 0 Å². The average molecular weight is 851 g/mol. The zero-order valence-electron chi connectivity index (χ0n) is 34.4. The number of ether oxygens (including phenoxy) is 4. The van der Waals surface area contributed by atoms with Crippen molar-refractivity contribution < 1.29 is 47.6 Å². The van der Waals surface area contributed by atoms with E-state index in [-0.39, 0.29) is 42.7 Å². The standard InChI is InChI=1S/C43H55ClN6O10/c1-23(2)45-41-47-32(22-58-41)31-19-35(29-11-12-34(57-14-13-56-3)36(44)37(29)46-31)59-28-18-33-38(51)49-43(40(53)54)20-26(43)9-7-5-4-6-8-10-30(39(52)50(33)21-28)48-42(55)60-27-16-24-15-25(24)17-27/h11-12,19,22-28,30,33H,4-10,13-18,20-21H2,1-3H3,(H,45,47)(H,48,55)(H,49,51)(H,53,54)/t24-,25+,26-,27?,28+,30-,33-,43+/m0/s1. The van der Waals surface area contributed by atoms with E-state index < -0.39 is 47.6 Å². The second-order valence-corrected chi connectivity index (χ2v) is 17.8. The topological polar surface area (TPSA) is 204 Å². The van der Waals surface area contributed by atoms with E-state index in [1.807, 2.05) is 13.8 Å². The van der Waals surface area contributed by atoms with Crippen LogP contribution in [0.1, 0.15) is 90.9 Å². The summed E-state index contributed by atoms with van der Waals surface area (Å²) in [6.07, 6.45) is 8.38. The number of aliphatic carboxylic acids is 1. The number of benzene rings is 1. The number of aromatic nitrogens is 2. The number of fused-ring (bicyclic) bond motifs is 4. The van der Waals surface area contributed by atoms with Gasteiger partial charge < -0.3 is 49.3 Å². The molecule has 3 amide bonds. The third-order valence-electron chi connectivity index (χ3n) is 12.7. The van der Waals surface area contributed by atoms with Gasteiger partial charge in [-0.1, -0.05) is 43.7 Å². The smallest absolute Gasteiger partial charge is 0.408 e. The van der Waals surface area contributed by atoms with Gasteiger partial charge in [-0.05, 0) is 82.3 Å². The van der Waals surface area contributed by atoms with Gasteiger partial charge in [0.05, 0.1) is 24.4 Å². The molecule has 3 saturated carbocycles. The van der Waals surface area contributed by atoms with Crippen LogP contribution in [0.25, 0.3) is 22.3 Å². The van der Waals surface area contributed by atoms with Crippen LogP contribution in [0, 0.1) is 17.8 Å². The fourth-order valence-corrected chi connectivity index (χ4v) is 9.56. The highest BCUT2D eigenvalue weighted by Gasteiger charge is 2.62. The van der Waals surface area contributed by atoms with Crippen LogP contribution in [0.3, 0.4) is 0 Å². The number of rotatable bonds is 12. The first-order valence-electron chi connectivity index (χ1n) is 21.4. The highest BCUT2D eigenvalue weighted by atomic mass is 35.5. The Bertz CT molecular complexity index is 2090. The second kappa shape index (κ2) is 17.6. The van der Waals surface area contributed by atoms with E-state index in [1.165, 1.54) is 17.6 Å². The zero-order chi connectivity index (χ0) is 42.1. The van der Waals surface area contributed by atoms with Gasteiger partial charge in [-0.2, -0.15) is 4.98 Å². The summed E-state index contributed by atoms with van der Waals surface area (Å²) in [4.78, 5) is 65.9. The van der Waals surface area contributed by atoms with Gasteiger partial charge in [0.15, 0.2) is 0 Å². The van der Waals surface area contributed by atoms with E-state index in [0.29, 0.717) is 83.9 Å². The molecule has 8 atom stereocenters. The first-order chi connectivity index (χ1) is 28.9. The van der Waals surface area contributed by atoms with E-state index in [9.17, 15) is 24.3 Å². The molecule has 5 fully saturated rings. The Balaban J connectivity index is 1.10. The first-order valence-corrected chi connectivity index (χ1v) is 21.8. The number of alkyl carbamates (subject to hydrolysis) is 1. The van der Waals surface area contributed by atoms with Crippen molar-refractivity contribution in [2.45, 2.75) is 127 Å². The second-order valence-electron chi connectivity index (χ2n) is 17.4. The number of anilines is 1. The summed E-state index contributed by atoms with van der Waals surface area (Å²) < 4.78 is 29.3. The lowest BCUT2D eigenvalue weighted by Crippen LogP contribution is -2.56. The van der Waals surface area contributed by atoms with E-state index in [1.54, 1.807) is 25.3 Å². The maximum absolute atomic E-state index is 14.7. The molecule has 1 unspecified atom stereocenters. The Morgan fingerprint density at radius 2 is 1.77 bits per heavy atom. The molecule has 0 spiro atoms. The number of oxazole rings is 1. The number of carbonyl (C=O) groups excluding carboxylic acids is 3. The predicted octanol–water partition coefficient (Wildman–Crippen LogP) is 6.33. The molecule has 60 heavy (non-hydrogen) atoms. The zero-order valence-corrected chi connectivity index (χ0v) is 35.1. The summed E-state index contributed by atoms with van der Waals surface area (Å²) in [6, 6.07) is 3.53. The van der Waals surface area contributed by atoms with Crippen molar-refractivity contribution in [2.75, 3.05) is 32.2 Å². The van der Waals surface area contributed by atoms with Crippen LogP contribution >= 0.6 is 11.6 Å². The molecule has 8 rings (SSSR count). The van der Waals surface area contributed by atoms with Gasteiger partial charge in [0.1, 0.15) is 64.9 Å². The monoisotopic (exact) mass is 850 g/mol. The van der Waals surface area contributed by atoms with E-state index in [4.69, 9.17) is 39.9 Å². The fraction of sp³-hybridized carbons (Fsp3) is 0.628. The summed E-state index contributed by atoms with van der Waals surface area (Å²) in [5, 5.41) is 20.0. The molecular formula is C43H55ClN6O10. The summed E-state index contributed by atoms with van der Waals surface area (Å²) in [6.45, 7) is 4.51. The van der Waals surface area contributed by atoms with Gasteiger partial charge in [-0.3, -0.25) is 9.59 Å². The third kappa shape index (κ3) is 9.09. The first kappa shape index (κ1) is 41.9. The van der Waals surface area contributed by atoms with Gasteiger partial charge in [0, 0.05) is 31.0 Å². The molecule has 4 heterocycles. The SMILES string of the molecule is COCCOc1ccc2c(O[C@@H]3C[C@H]4C(=O)N[C@]5(C(=O)O)C[C@@H]5CCCCCCC[C@H](NC(=O)OC5C[C@@H]6C[C@@H]6C5)C(=O)N4C3)cc(-c3coc(NC(C)C)n3)nc2c1Cl. The quantitative estimate of drug-likeness (QED) is 0.147. The van der Waals surface area contributed by atoms with Crippen molar-refractivity contribution in [3.63, 3.8) is 0 Å². The van der Waals surface area contributed by atoms with Gasteiger partial charge in [0.25, 0.3) is 6.01 Å². The number of pyridine rings is 1. The number of methoxy groups -OCH3 is 1. The molecule has 0 bridgehead atoms. The number of amides is 3. The summed E-state index contributed by atoms with van der Waals surface area (Å²) in [5.41, 5.74) is -0.229. The average Bonchev–Trinajstić information content (AvgIpc) is 3.86. The molecule has 5 aliphatic rings. The van der Waals surface area contributed by atoms with Crippen LogP contribution in [0.4, 0.5) is 10.8 Å². The van der Waals surface area contributed by atoms with Gasteiger partial charge >= 0.3 is 12.1 Å². The molecule has 17 heteroatoms. The van der Waals surface area contributed by atoms with E-state index in [0.717, 1.165) is 38.5 Å². The molecular weight excluding hydrogens is 796 g/mol. The van der Waals surface area contributed by atoms with Gasteiger partial charge in [-0.15, -0.1) is 0 Å². The number of carboxylic acids is 1. The van der Waals surface area contributed by atoms with E-state index in [2.05, 4.69) is 20.9 Å². The van der Waals surface area contributed by atoms with Crippen molar-refractivity contribution in [1.82, 2.24) is 25.5 Å². The maximum Gasteiger partial charge on any atom is 0.408 e. The molecule has 3 aromatic rings. The molecule has 4 N–H and O–H groups in total. The number of nitrogens with one attached hydrogen (secondary N) is 3. The Morgan fingerprint density at radius 1 is 1.00 bits per heavy atom. The Morgan fingerprint density at radius 3 is 2.52 bits per heavy atom. The molecule has 16 nitrogen and oxygen atoms in total. The number of hydrogen-bond acceptors (Lipinski definition) is 12. The van der Waals surface area contributed by atoms with Gasteiger partial charge in [0.2, 0.25) is 11.8 Å². The van der Waals surface area contributed by atoms with Crippen molar-refractivity contribution in [3.05, 3.63) is 29.5 Å². The van der Waals surface area contributed by atoms with Crippen molar-refractivity contribution in [2.24, 2.45) is 17.8 Å². The Hall–Kier alpha value is -4.83. The number of carboxylic acid groups (broad SMARTS) is 1. The summed E-state index contributed by atoms with van der Waals surface area (Å²) in [7, 11) is 1.57. The number of hydrogen-bond donors (Lipinski definition) is 4. The molecule has 2 aromatic heterocycles. The van der Waals surface area contributed by atoms with Gasteiger partial charge in [-0.25, -0.2) is 14.6 Å². The van der Waals surface area contributed by atoms with Crippen LogP contribution in [0.15, 0.2) is 28.9 Å². The number of halogens is 1. The lowest BCUT2D eigenvalue weighted by molar-refractivity contribution is -0.146. The minimum absolute atomic E-state index is 0.0167. The van der Waals surface area contributed by atoms with Crippen LogP contribution in [-0.4, -0.2) is 107 Å². The van der Waals surface area contributed by atoms with E-state index >= 15 is 0 Å². The van der Waals surface area contributed by atoms with Crippen LogP contribution in [0.2, 0.25) is 5.02 Å². The van der Waals surface area contributed by atoms with Crippen molar-refractivity contribution in [3.8, 4) is 22.9 Å². The Labute approximate surface area is 353 Å². The highest BCUT2D eigenvalue weighted by Crippen LogP contribution is 2.52. The maximum atomic E-state index is 14.7. The van der Waals surface area contributed by atoms with Crippen LogP contribution < -0.4 is 25.4 Å². The molecule has 2 saturated heterocycles. The van der Waals surface area contributed by atoms with Crippen molar-refractivity contribution >= 4 is 52.4 Å². The lowest BCUT2D eigenvalue weighted by Gasteiger charge is -2.29. The summed E-state index contributed by atoms with van der Waals surface area (Å²) >= 11 is 6.95.